The van der Waals surface area contributed by atoms with Gasteiger partial charge in [-0.1, -0.05) is 48.0 Å². The van der Waals surface area contributed by atoms with Crippen LogP contribution in [0.15, 0.2) is 60.7 Å². The highest BCUT2D eigenvalue weighted by Gasteiger charge is 2.11. The third-order valence-electron chi connectivity index (χ3n) is 4.12. The molecule has 25 heavy (non-hydrogen) atoms. The molecule has 0 aliphatic rings. The predicted molar refractivity (Wildman–Crippen MR) is 106 cm³/mol. The second-order valence-electron chi connectivity index (χ2n) is 6.35. The first-order chi connectivity index (χ1) is 11.8. The van der Waals surface area contributed by atoms with E-state index in [9.17, 15) is 8.42 Å². The maximum atomic E-state index is 11.6. The van der Waals surface area contributed by atoms with E-state index in [4.69, 9.17) is 11.6 Å². The van der Waals surface area contributed by atoms with Crippen LogP contribution in [-0.4, -0.2) is 14.7 Å². The first kappa shape index (κ1) is 17.8. The Bertz CT molecular complexity index is 1020. The quantitative estimate of drug-likeness (QED) is 0.667. The highest BCUT2D eigenvalue weighted by molar-refractivity contribution is 7.89. The highest BCUT2D eigenvalue weighted by atomic mass is 35.5. The molecule has 0 unspecified atom stereocenters. The lowest BCUT2D eigenvalue weighted by atomic mass is 10.0. The molecule has 5 heteroatoms. The van der Waals surface area contributed by atoms with Gasteiger partial charge < -0.3 is 5.32 Å². The summed E-state index contributed by atoms with van der Waals surface area (Å²) in [5.41, 5.74) is 2.63. The molecule has 130 valence electrons. The number of halogens is 1. The number of hydrogen-bond donors (Lipinski definition) is 1. The number of sulfone groups is 1. The van der Waals surface area contributed by atoms with Crippen molar-refractivity contribution in [2.24, 2.45) is 0 Å². The van der Waals surface area contributed by atoms with Gasteiger partial charge >= 0.3 is 0 Å². The van der Waals surface area contributed by atoms with Crippen LogP contribution in [0.4, 0.5) is 5.69 Å². The van der Waals surface area contributed by atoms with E-state index in [1.807, 2.05) is 18.2 Å². The molecule has 0 aliphatic carbocycles. The van der Waals surface area contributed by atoms with E-state index in [-0.39, 0.29) is 11.8 Å². The maximum Gasteiger partial charge on any atom is 0.151 e. The summed E-state index contributed by atoms with van der Waals surface area (Å²) >= 11 is 6.13. The molecular weight excluding hydrogens is 354 g/mol. The summed E-state index contributed by atoms with van der Waals surface area (Å²) in [6.07, 6.45) is 1.21. The largest absolute Gasteiger partial charge is 0.379 e. The Morgan fingerprint density at radius 3 is 2.44 bits per heavy atom. The average Bonchev–Trinajstić information content (AvgIpc) is 2.56. The molecule has 3 aromatic rings. The standard InChI is InChI=1S/C20H20ClNO2S/c1-14(16-8-7-15-5-3-4-6-17(15)11-16)22-19-9-10-20(21)18(12-19)13-25(2,23)24/h3-12,14,22H,13H2,1-2H3/t14-/m0/s1. The molecule has 0 radical (unpaired) electrons. The van der Waals surface area contributed by atoms with Gasteiger partial charge in [-0.05, 0) is 53.1 Å². The van der Waals surface area contributed by atoms with E-state index in [0.29, 0.717) is 10.6 Å². The summed E-state index contributed by atoms with van der Waals surface area (Å²) in [5, 5.41) is 6.30. The van der Waals surface area contributed by atoms with Gasteiger partial charge in [0.1, 0.15) is 0 Å². The summed E-state index contributed by atoms with van der Waals surface area (Å²) in [6, 6.07) is 20.1. The SMILES string of the molecule is C[C@H](Nc1ccc(Cl)c(CS(C)(=O)=O)c1)c1ccc2ccccc2c1. The van der Waals surface area contributed by atoms with E-state index in [2.05, 4.69) is 42.6 Å². The van der Waals surface area contributed by atoms with Gasteiger partial charge in [-0.25, -0.2) is 8.42 Å². The minimum atomic E-state index is -3.13. The number of nitrogens with one attached hydrogen (secondary N) is 1. The predicted octanol–water partition coefficient (Wildman–Crippen LogP) is 5.21. The van der Waals surface area contributed by atoms with E-state index in [1.165, 1.54) is 22.6 Å². The maximum absolute atomic E-state index is 11.6. The average molecular weight is 374 g/mol. The molecule has 0 spiro atoms. The van der Waals surface area contributed by atoms with Crippen LogP contribution in [0.1, 0.15) is 24.1 Å². The lowest BCUT2D eigenvalue weighted by Gasteiger charge is -2.17. The molecule has 1 atom stereocenters. The Hall–Kier alpha value is -2.04. The van der Waals surface area contributed by atoms with Gasteiger partial charge in [-0.3, -0.25) is 0 Å². The smallest absolute Gasteiger partial charge is 0.151 e. The first-order valence-corrected chi connectivity index (χ1v) is 10.5. The van der Waals surface area contributed by atoms with Crippen LogP contribution in [0.5, 0.6) is 0 Å². The van der Waals surface area contributed by atoms with Crippen LogP contribution in [0.2, 0.25) is 5.02 Å². The molecule has 0 saturated carbocycles. The minimum absolute atomic E-state index is 0.0638. The van der Waals surface area contributed by atoms with Gasteiger partial charge in [-0.15, -0.1) is 0 Å². The summed E-state index contributed by atoms with van der Waals surface area (Å²) in [4.78, 5) is 0. The van der Waals surface area contributed by atoms with Crippen molar-refractivity contribution in [1.29, 1.82) is 0 Å². The van der Waals surface area contributed by atoms with Crippen LogP contribution >= 0.6 is 11.6 Å². The molecule has 3 nitrogen and oxygen atoms in total. The Balaban J connectivity index is 1.84. The molecule has 0 bridgehead atoms. The van der Waals surface area contributed by atoms with Crippen LogP contribution < -0.4 is 5.32 Å². The van der Waals surface area contributed by atoms with E-state index in [1.54, 1.807) is 12.1 Å². The van der Waals surface area contributed by atoms with Gasteiger partial charge in [0.2, 0.25) is 0 Å². The van der Waals surface area contributed by atoms with Crippen LogP contribution in [0, 0.1) is 0 Å². The fourth-order valence-corrected chi connectivity index (χ4v) is 3.94. The molecule has 0 fully saturated rings. The van der Waals surface area contributed by atoms with Crippen LogP contribution in [0.3, 0.4) is 0 Å². The molecule has 0 amide bonds. The van der Waals surface area contributed by atoms with Gasteiger partial charge in [0.05, 0.1) is 5.75 Å². The van der Waals surface area contributed by atoms with Crippen molar-refractivity contribution in [3.63, 3.8) is 0 Å². The molecule has 0 heterocycles. The van der Waals surface area contributed by atoms with Gasteiger partial charge in [-0.2, -0.15) is 0 Å². The van der Waals surface area contributed by atoms with Crippen molar-refractivity contribution >= 4 is 37.9 Å². The topological polar surface area (TPSA) is 46.2 Å². The fourth-order valence-electron chi connectivity index (χ4n) is 2.87. The summed E-state index contributed by atoms with van der Waals surface area (Å²) in [6.45, 7) is 2.08. The van der Waals surface area contributed by atoms with Crippen molar-refractivity contribution in [3.8, 4) is 0 Å². The minimum Gasteiger partial charge on any atom is -0.379 e. The van der Waals surface area contributed by atoms with E-state index in [0.717, 1.165) is 5.69 Å². The molecule has 0 saturated heterocycles. The summed E-state index contributed by atoms with van der Waals surface area (Å²) in [5.74, 6) is -0.0638. The van der Waals surface area contributed by atoms with Crippen LogP contribution in [-0.2, 0) is 15.6 Å². The number of anilines is 1. The van der Waals surface area contributed by atoms with Gasteiger partial charge in [0, 0.05) is 23.0 Å². The van der Waals surface area contributed by atoms with Crippen molar-refractivity contribution in [2.45, 2.75) is 18.7 Å². The Morgan fingerprint density at radius 1 is 1.00 bits per heavy atom. The van der Waals surface area contributed by atoms with Crippen molar-refractivity contribution in [3.05, 3.63) is 76.8 Å². The third-order valence-corrected chi connectivity index (χ3v) is 5.32. The van der Waals surface area contributed by atoms with Crippen molar-refractivity contribution < 1.29 is 8.42 Å². The lowest BCUT2D eigenvalue weighted by molar-refractivity contribution is 0.601. The second-order valence-corrected chi connectivity index (χ2v) is 8.90. The first-order valence-electron chi connectivity index (χ1n) is 8.03. The second kappa shape index (κ2) is 7.06. The number of rotatable bonds is 5. The molecule has 3 rings (SSSR count). The Labute approximate surface area is 153 Å². The Morgan fingerprint density at radius 2 is 1.72 bits per heavy atom. The molecular formula is C20H20ClNO2S. The third kappa shape index (κ3) is 4.53. The molecule has 0 aliphatic heterocycles. The van der Waals surface area contributed by atoms with Crippen molar-refractivity contribution in [1.82, 2.24) is 0 Å². The Kier molecular flexibility index (Phi) is 5.02. The van der Waals surface area contributed by atoms with Gasteiger partial charge in [0.25, 0.3) is 0 Å². The van der Waals surface area contributed by atoms with E-state index >= 15 is 0 Å². The number of benzene rings is 3. The normalized spacial score (nSPS) is 12.9. The lowest BCUT2D eigenvalue weighted by Crippen LogP contribution is -2.08. The highest BCUT2D eigenvalue weighted by Crippen LogP contribution is 2.27. The fraction of sp³-hybridized carbons (Fsp3) is 0.200. The molecule has 1 N–H and O–H groups in total. The van der Waals surface area contributed by atoms with Crippen LogP contribution in [0.25, 0.3) is 10.8 Å². The molecule has 0 aromatic heterocycles. The van der Waals surface area contributed by atoms with Crippen molar-refractivity contribution in [2.75, 3.05) is 11.6 Å². The monoisotopic (exact) mass is 373 g/mol. The summed E-state index contributed by atoms with van der Waals surface area (Å²) in [7, 11) is -3.13. The molecule has 3 aromatic carbocycles. The number of hydrogen-bond acceptors (Lipinski definition) is 3. The van der Waals surface area contributed by atoms with E-state index < -0.39 is 9.84 Å². The number of fused-ring (bicyclic) bond motifs is 1. The van der Waals surface area contributed by atoms with Gasteiger partial charge in [0.15, 0.2) is 9.84 Å². The zero-order chi connectivity index (χ0) is 18.0. The summed E-state index contributed by atoms with van der Waals surface area (Å²) < 4.78 is 23.1. The zero-order valence-corrected chi connectivity index (χ0v) is 15.7. The zero-order valence-electron chi connectivity index (χ0n) is 14.2.